The van der Waals surface area contributed by atoms with E-state index >= 15 is 0 Å². The Kier molecular flexibility index (Phi) is 3.89. The maximum atomic E-state index is 13.7. The summed E-state index contributed by atoms with van der Waals surface area (Å²) < 4.78 is 15.3. The van der Waals surface area contributed by atoms with Crippen LogP contribution in [0.1, 0.15) is 29.3 Å². The highest BCUT2D eigenvalue weighted by Gasteiger charge is 2.26. The molecule has 0 amide bonds. The van der Waals surface area contributed by atoms with Crippen LogP contribution < -0.4 is 5.73 Å². The van der Waals surface area contributed by atoms with Gasteiger partial charge in [0.05, 0.1) is 5.69 Å². The number of hydrogen-bond acceptors (Lipinski definition) is 2. The molecule has 3 nitrogen and oxygen atoms in total. The first-order valence-corrected chi connectivity index (χ1v) is 6.83. The average molecular weight is 296 g/mol. The summed E-state index contributed by atoms with van der Waals surface area (Å²) in [6.07, 6.45) is 0.508. The van der Waals surface area contributed by atoms with E-state index in [9.17, 15) is 4.39 Å². The van der Waals surface area contributed by atoms with Gasteiger partial charge in [0.25, 0.3) is 0 Å². The molecule has 0 fully saturated rings. The van der Waals surface area contributed by atoms with Crippen LogP contribution in [0.5, 0.6) is 0 Å². The van der Waals surface area contributed by atoms with E-state index in [2.05, 4.69) is 5.10 Å². The van der Waals surface area contributed by atoms with Gasteiger partial charge in [0, 0.05) is 18.2 Å². The molecule has 5 heteroatoms. The van der Waals surface area contributed by atoms with Gasteiger partial charge in [0.1, 0.15) is 11.0 Å². The normalized spacial score (nSPS) is 14.3. The van der Waals surface area contributed by atoms with Crippen molar-refractivity contribution in [3.8, 4) is 0 Å². The molecule has 0 bridgehead atoms. The van der Waals surface area contributed by atoms with Crippen LogP contribution in [0.3, 0.4) is 0 Å². The molecule has 1 heterocycles. The molecule has 0 aliphatic carbocycles. The number of aryl methyl sites for hydroxylation is 3. The van der Waals surface area contributed by atoms with Crippen molar-refractivity contribution < 1.29 is 4.39 Å². The molecule has 1 atom stereocenters. The van der Waals surface area contributed by atoms with Gasteiger partial charge in [-0.05, 0) is 44.4 Å². The summed E-state index contributed by atoms with van der Waals surface area (Å²) in [7, 11) is 1.79. The van der Waals surface area contributed by atoms with E-state index in [1.165, 1.54) is 6.07 Å². The lowest BCUT2D eigenvalue weighted by atomic mass is 9.86. The van der Waals surface area contributed by atoms with Crippen LogP contribution in [-0.2, 0) is 19.0 Å². The van der Waals surface area contributed by atoms with E-state index in [-0.39, 0.29) is 5.82 Å². The molecule has 0 saturated carbocycles. The summed E-state index contributed by atoms with van der Waals surface area (Å²) in [5.74, 6) is -0.242. The molecule has 1 aromatic carbocycles. The predicted molar refractivity (Wildman–Crippen MR) is 79.3 cm³/mol. The highest BCUT2D eigenvalue weighted by atomic mass is 35.5. The fraction of sp³-hybridized carbons (Fsp3) is 0.400. The number of halogens is 2. The van der Waals surface area contributed by atoms with Gasteiger partial charge >= 0.3 is 0 Å². The Balaban J connectivity index is 2.37. The monoisotopic (exact) mass is 295 g/mol. The second-order valence-electron chi connectivity index (χ2n) is 5.54. The van der Waals surface area contributed by atoms with Crippen molar-refractivity contribution in [2.24, 2.45) is 12.8 Å². The predicted octanol–water partition coefficient (Wildman–Crippen LogP) is 3.25. The molecule has 2 aromatic rings. The number of hydrogen-bond donors (Lipinski definition) is 1. The second-order valence-corrected chi connectivity index (χ2v) is 5.89. The van der Waals surface area contributed by atoms with Gasteiger partial charge in [-0.2, -0.15) is 5.10 Å². The van der Waals surface area contributed by atoms with Crippen LogP contribution >= 0.6 is 11.6 Å². The van der Waals surface area contributed by atoms with E-state index in [0.717, 1.165) is 16.8 Å². The largest absolute Gasteiger partial charge is 0.321 e. The molecule has 2 N–H and O–H groups in total. The minimum atomic E-state index is -0.702. The van der Waals surface area contributed by atoms with Crippen LogP contribution in [-0.4, -0.2) is 9.78 Å². The smallest absolute Gasteiger partial charge is 0.130 e. The van der Waals surface area contributed by atoms with Crippen LogP contribution in [0.15, 0.2) is 18.2 Å². The van der Waals surface area contributed by atoms with E-state index < -0.39 is 5.54 Å². The lowest BCUT2D eigenvalue weighted by Gasteiger charge is -2.25. The lowest BCUT2D eigenvalue weighted by Crippen LogP contribution is -2.35. The Morgan fingerprint density at radius 3 is 2.55 bits per heavy atom. The summed E-state index contributed by atoms with van der Waals surface area (Å²) in [6.45, 7) is 5.50. The van der Waals surface area contributed by atoms with Crippen molar-refractivity contribution >= 4 is 11.6 Å². The number of aromatic nitrogens is 2. The molecular weight excluding hydrogens is 277 g/mol. The Bertz CT molecular complexity index is 647. The molecule has 1 unspecified atom stereocenters. The lowest BCUT2D eigenvalue weighted by molar-refractivity contribution is 0.484. The Morgan fingerprint density at radius 2 is 2.05 bits per heavy atom. The third-order valence-electron chi connectivity index (χ3n) is 3.65. The summed E-state index contributed by atoms with van der Waals surface area (Å²) in [4.78, 5) is 0. The van der Waals surface area contributed by atoms with Gasteiger partial charge in [-0.3, -0.25) is 4.68 Å². The van der Waals surface area contributed by atoms with Crippen molar-refractivity contribution in [2.75, 3.05) is 0 Å². The van der Waals surface area contributed by atoms with Crippen LogP contribution in [0, 0.1) is 19.7 Å². The van der Waals surface area contributed by atoms with Crippen molar-refractivity contribution in [3.05, 3.63) is 51.6 Å². The molecule has 1 aromatic heterocycles. The van der Waals surface area contributed by atoms with Crippen LogP contribution in [0.4, 0.5) is 4.39 Å². The van der Waals surface area contributed by atoms with Gasteiger partial charge in [0.2, 0.25) is 0 Å². The first kappa shape index (κ1) is 15.0. The minimum absolute atomic E-state index is 0.242. The van der Waals surface area contributed by atoms with Gasteiger partial charge < -0.3 is 5.73 Å². The molecule has 0 saturated heterocycles. The van der Waals surface area contributed by atoms with Crippen molar-refractivity contribution in [3.63, 3.8) is 0 Å². The molecule has 108 valence electrons. The summed E-state index contributed by atoms with van der Waals surface area (Å²) in [5.41, 5.74) is 8.78. The highest BCUT2D eigenvalue weighted by molar-refractivity contribution is 6.30. The quantitative estimate of drug-likeness (QED) is 0.944. The molecular formula is C15H19ClFN3. The van der Waals surface area contributed by atoms with Crippen LogP contribution in [0.25, 0.3) is 0 Å². The van der Waals surface area contributed by atoms with Crippen molar-refractivity contribution in [1.82, 2.24) is 9.78 Å². The molecule has 0 spiro atoms. The third kappa shape index (κ3) is 2.72. The second kappa shape index (κ2) is 5.19. The van der Waals surface area contributed by atoms with E-state index in [0.29, 0.717) is 17.1 Å². The minimum Gasteiger partial charge on any atom is -0.321 e. The van der Waals surface area contributed by atoms with Crippen molar-refractivity contribution in [1.29, 1.82) is 0 Å². The Morgan fingerprint density at radius 1 is 1.40 bits per heavy atom. The first-order chi connectivity index (χ1) is 9.22. The Labute approximate surface area is 123 Å². The highest BCUT2D eigenvalue weighted by Crippen LogP contribution is 2.29. The molecule has 2 rings (SSSR count). The maximum Gasteiger partial charge on any atom is 0.130 e. The molecule has 0 aliphatic heterocycles. The molecule has 0 radical (unpaired) electrons. The number of nitrogens with two attached hydrogens (primary N) is 1. The molecule has 0 aliphatic rings. The number of benzene rings is 1. The fourth-order valence-electron chi connectivity index (χ4n) is 2.29. The zero-order chi connectivity index (χ0) is 15.1. The van der Waals surface area contributed by atoms with E-state index in [1.54, 1.807) is 24.7 Å². The Hall–Kier alpha value is -1.39. The summed E-state index contributed by atoms with van der Waals surface area (Å²) in [6, 6.07) is 5.10. The van der Waals surface area contributed by atoms with E-state index in [4.69, 9.17) is 17.3 Å². The number of nitrogens with zero attached hydrogens (tertiary/aromatic N) is 2. The van der Waals surface area contributed by atoms with Gasteiger partial charge in [-0.1, -0.05) is 23.7 Å². The van der Waals surface area contributed by atoms with Gasteiger partial charge in [0.15, 0.2) is 0 Å². The average Bonchev–Trinajstić information content (AvgIpc) is 2.59. The topological polar surface area (TPSA) is 43.8 Å². The van der Waals surface area contributed by atoms with E-state index in [1.807, 2.05) is 19.9 Å². The number of rotatable bonds is 3. The van der Waals surface area contributed by atoms with Gasteiger partial charge in [-0.25, -0.2) is 4.39 Å². The van der Waals surface area contributed by atoms with Gasteiger partial charge in [-0.15, -0.1) is 0 Å². The zero-order valence-corrected chi connectivity index (χ0v) is 12.9. The summed E-state index contributed by atoms with van der Waals surface area (Å²) >= 11 is 6.23. The standard InChI is InChI=1S/C15H19ClFN3/c1-9-5-6-11(7-13(9)17)15(3,18)8-12-10(2)19-20(4)14(12)16/h5-7H,8,18H2,1-4H3. The van der Waals surface area contributed by atoms with Crippen molar-refractivity contribution in [2.45, 2.75) is 32.7 Å². The zero-order valence-electron chi connectivity index (χ0n) is 12.2. The van der Waals surface area contributed by atoms with Crippen LogP contribution in [0.2, 0.25) is 5.15 Å². The first-order valence-electron chi connectivity index (χ1n) is 6.46. The third-order valence-corrected chi connectivity index (χ3v) is 4.12. The fourth-order valence-corrected chi connectivity index (χ4v) is 2.53. The maximum absolute atomic E-state index is 13.7. The summed E-state index contributed by atoms with van der Waals surface area (Å²) in [5, 5.41) is 4.85. The molecule has 20 heavy (non-hydrogen) atoms. The SMILES string of the molecule is Cc1ccc(C(C)(N)Cc2c(C)nn(C)c2Cl)cc1F.